The number of hydrogen-bond donors (Lipinski definition) is 2. The molecule has 36 heavy (non-hydrogen) atoms. The highest BCUT2D eigenvalue weighted by atomic mass is 32.1. The molecule has 2 aliphatic heterocycles. The van der Waals surface area contributed by atoms with Crippen LogP contribution in [0.2, 0.25) is 0 Å². The quantitative estimate of drug-likeness (QED) is 0.567. The predicted molar refractivity (Wildman–Crippen MR) is 112 cm³/mol. The zero-order chi connectivity index (χ0) is 27.1. The molecule has 2 aromatic heterocycles. The molecular formula is C20H20F6N4O5S. The number of thiazole rings is 1. The van der Waals surface area contributed by atoms with Gasteiger partial charge in [0.2, 0.25) is 0 Å². The highest BCUT2D eigenvalue weighted by Gasteiger charge is 2.48. The van der Waals surface area contributed by atoms with E-state index in [1.54, 1.807) is 11.7 Å². The Labute approximate surface area is 204 Å². The van der Waals surface area contributed by atoms with Gasteiger partial charge in [0.25, 0.3) is 5.91 Å². The normalized spacial score (nSPS) is 16.8. The van der Waals surface area contributed by atoms with Gasteiger partial charge in [-0.2, -0.15) is 26.3 Å². The summed E-state index contributed by atoms with van der Waals surface area (Å²) in [6.45, 7) is 4.82. The Kier molecular flexibility index (Phi) is 9.37. The van der Waals surface area contributed by atoms with Crippen LogP contribution in [0.3, 0.4) is 0 Å². The number of rotatable bonds is 3. The number of carbonyl (C=O) groups is 3. The molecule has 2 fully saturated rings. The first-order valence-electron chi connectivity index (χ1n) is 10.0. The third-order valence-corrected chi connectivity index (χ3v) is 5.70. The summed E-state index contributed by atoms with van der Waals surface area (Å²) in [6, 6.07) is 4.10. The van der Waals surface area contributed by atoms with E-state index in [9.17, 15) is 31.1 Å². The fraction of sp³-hybridized carbons (Fsp3) is 0.450. The van der Waals surface area contributed by atoms with Crippen LogP contribution < -0.4 is 0 Å². The highest BCUT2D eigenvalue weighted by Crippen LogP contribution is 2.40. The van der Waals surface area contributed by atoms with Crippen LogP contribution in [0, 0.1) is 5.41 Å². The molecule has 2 N–H and O–H groups in total. The molecule has 198 valence electrons. The van der Waals surface area contributed by atoms with Gasteiger partial charge in [0.15, 0.2) is 0 Å². The SMILES string of the molecule is O=C(O)C(F)(F)F.O=C(O)C(F)(F)F.O=C(c1cscn1)N1CCC2(CN(Cc3cccnc3)C2)C1. The second-order valence-corrected chi connectivity index (χ2v) is 8.68. The van der Waals surface area contributed by atoms with E-state index in [-0.39, 0.29) is 5.91 Å². The second-order valence-electron chi connectivity index (χ2n) is 7.96. The van der Waals surface area contributed by atoms with Crippen molar-refractivity contribution < 1.29 is 50.9 Å². The van der Waals surface area contributed by atoms with E-state index < -0.39 is 24.3 Å². The van der Waals surface area contributed by atoms with Crippen molar-refractivity contribution in [1.29, 1.82) is 0 Å². The van der Waals surface area contributed by atoms with Crippen LogP contribution in [-0.4, -0.2) is 86.4 Å². The molecule has 0 atom stereocenters. The Morgan fingerprint density at radius 3 is 2.06 bits per heavy atom. The Morgan fingerprint density at radius 1 is 1.03 bits per heavy atom. The topological polar surface area (TPSA) is 124 Å². The van der Waals surface area contributed by atoms with Crippen molar-refractivity contribution in [3.63, 3.8) is 0 Å². The number of carboxylic acid groups (broad SMARTS) is 2. The summed E-state index contributed by atoms with van der Waals surface area (Å²) in [6.07, 6.45) is -5.33. The average Bonchev–Trinajstić information content (AvgIpc) is 3.44. The maximum atomic E-state index is 12.4. The predicted octanol–water partition coefficient (Wildman–Crippen LogP) is 3.15. The van der Waals surface area contributed by atoms with E-state index in [2.05, 4.69) is 20.9 Å². The first-order valence-corrected chi connectivity index (χ1v) is 11.0. The van der Waals surface area contributed by atoms with Crippen LogP contribution in [0.15, 0.2) is 35.4 Å². The van der Waals surface area contributed by atoms with Crippen molar-refractivity contribution in [1.82, 2.24) is 19.8 Å². The van der Waals surface area contributed by atoms with Crippen LogP contribution in [0.25, 0.3) is 0 Å². The summed E-state index contributed by atoms with van der Waals surface area (Å²) in [7, 11) is 0. The Hall–Kier alpha value is -3.27. The molecule has 0 bridgehead atoms. The number of pyridine rings is 1. The molecule has 1 spiro atoms. The molecule has 2 saturated heterocycles. The van der Waals surface area contributed by atoms with E-state index >= 15 is 0 Å². The lowest BCUT2D eigenvalue weighted by Crippen LogP contribution is -2.57. The lowest BCUT2D eigenvalue weighted by atomic mass is 9.79. The van der Waals surface area contributed by atoms with Crippen molar-refractivity contribution in [2.75, 3.05) is 26.2 Å². The average molecular weight is 542 g/mol. The maximum absolute atomic E-state index is 12.4. The molecule has 0 radical (unpaired) electrons. The van der Waals surface area contributed by atoms with Crippen molar-refractivity contribution in [2.24, 2.45) is 5.41 Å². The fourth-order valence-electron chi connectivity index (χ4n) is 3.61. The summed E-state index contributed by atoms with van der Waals surface area (Å²) >= 11 is 1.48. The first-order chi connectivity index (χ1) is 16.6. The molecule has 9 nitrogen and oxygen atoms in total. The molecule has 2 aromatic rings. The van der Waals surface area contributed by atoms with Crippen molar-refractivity contribution in [3.8, 4) is 0 Å². The number of carbonyl (C=O) groups excluding carboxylic acids is 1. The molecule has 4 heterocycles. The van der Waals surface area contributed by atoms with Gasteiger partial charge in [-0.25, -0.2) is 14.6 Å². The number of alkyl halides is 6. The van der Waals surface area contributed by atoms with Gasteiger partial charge >= 0.3 is 24.3 Å². The van der Waals surface area contributed by atoms with Crippen LogP contribution in [0.1, 0.15) is 22.5 Å². The number of likely N-dealkylation sites (tertiary alicyclic amines) is 2. The van der Waals surface area contributed by atoms with Crippen LogP contribution in [0.5, 0.6) is 0 Å². The molecule has 0 saturated carbocycles. The molecule has 0 aliphatic carbocycles. The lowest BCUT2D eigenvalue weighted by Gasteiger charge is -2.48. The summed E-state index contributed by atoms with van der Waals surface area (Å²) in [5, 5.41) is 16.1. The van der Waals surface area contributed by atoms with Gasteiger partial charge in [-0.1, -0.05) is 6.07 Å². The minimum Gasteiger partial charge on any atom is -0.475 e. The molecule has 4 rings (SSSR count). The van der Waals surface area contributed by atoms with Gasteiger partial charge in [-0.05, 0) is 18.1 Å². The Bertz CT molecular complexity index is 1000. The zero-order valence-electron chi connectivity index (χ0n) is 18.3. The first kappa shape index (κ1) is 29.0. The van der Waals surface area contributed by atoms with E-state index in [0.717, 1.165) is 39.1 Å². The number of nitrogens with zero attached hydrogens (tertiary/aromatic N) is 4. The number of halogens is 6. The van der Waals surface area contributed by atoms with Gasteiger partial charge in [-0.3, -0.25) is 14.7 Å². The van der Waals surface area contributed by atoms with Gasteiger partial charge in [0.1, 0.15) is 5.69 Å². The second kappa shape index (κ2) is 11.6. The van der Waals surface area contributed by atoms with Crippen molar-refractivity contribution >= 4 is 29.2 Å². The van der Waals surface area contributed by atoms with E-state index in [1.807, 2.05) is 22.5 Å². The summed E-state index contributed by atoms with van der Waals surface area (Å²) < 4.78 is 63.5. The number of aliphatic carboxylic acids is 2. The van der Waals surface area contributed by atoms with Gasteiger partial charge in [0.05, 0.1) is 5.51 Å². The van der Waals surface area contributed by atoms with E-state index in [4.69, 9.17) is 19.8 Å². The standard InChI is InChI=1S/C16H18N4OS.2C2HF3O2/c21-15(14-8-22-12-18-14)20-5-3-16(11-20)9-19(10-16)7-13-2-1-4-17-6-13;2*3-2(4,5)1(6)7/h1-2,4,6,8,12H,3,5,7,9-11H2;2*(H,6,7). The Balaban J connectivity index is 0.000000271. The number of amides is 1. The van der Waals surface area contributed by atoms with Gasteiger partial charge < -0.3 is 15.1 Å². The van der Waals surface area contributed by atoms with Crippen LogP contribution in [-0.2, 0) is 16.1 Å². The summed E-state index contributed by atoms with van der Waals surface area (Å²) in [5.41, 5.74) is 3.87. The molecule has 0 aromatic carbocycles. The van der Waals surface area contributed by atoms with Crippen LogP contribution >= 0.6 is 11.3 Å². The molecule has 2 aliphatic rings. The Morgan fingerprint density at radius 2 is 1.61 bits per heavy atom. The minimum absolute atomic E-state index is 0.0869. The monoisotopic (exact) mass is 542 g/mol. The minimum atomic E-state index is -5.08. The van der Waals surface area contributed by atoms with E-state index in [1.165, 1.54) is 16.9 Å². The largest absolute Gasteiger partial charge is 0.490 e. The third-order valence-electron chi connectivity index (χ3n) is 5.11. The number of aromatic nitrogens is 2. The maximum Gasteiger partial charge on any atom is 0.490 e. The van der Waals surface area contributed by atoms with Crippen molar-refractivity contribution in [2.45, 2.75) is 25.3 Å². The van der Waals surface area contributed by atoms with E-state index in [0.29, 0.717) is 11.1 Å². The molecular weight excluding hydrogens is 522 g/mol. The van der Waals surface area contributed by atoms with Crippen LogP contribution in [0.4, 0.5) is 26.3 Å². The van der Waals surface area contributed by atoms with Crippen molar-refractivity contribution in [3.05, 3.63) is 46.7 Å². The smallest absolute Gasteiger partial charge is 0.475 e. The molecule has 16 heteroatoms. The highest BCUT2D eigenvalue weighted by molar-refractivity contribution is 7.07. The summed E-state index contributed by atoms with van der Waals surface area (Å²) in [4.78, 5) is 42.9. The van der Waals surface area contributed by atoms with Gasteiger partial charge in [-0.15, -0.1) is 11.3 Å². The fourth-order valence-corrected chi connectivity index (χ4v) is 4.14. The molecule has 1 amide bonds. The van der Waals surface area contributed by atoms with Gasteiger partial charge in [0, 0.05) is 55.9 Å². The zero-order valence-corrected chi connectivity index (χ0v) is 19.1. The third kappa shape index (κ3) is 8.44. The molecule has 0 unspecified atom stereocenters. The lowest BCUT2D eigenvalue weighted by molar-refractivity contribution is -0.193. The summed E-state index contributed by atoms with van der Waals surface area (Å²) in [5.74, 6) is -5.43. The number of hydrogen-bond acceptors (Lipinski definition) is 7. The number of carboxylic acids is 2.